The maximum atomic E-state index is 12.5. The Balaban J connectivity index is 2.54. The van der Waals surface area contributed by atoms with Crippen LogP contribution in [0.3, 0.4) is 0 Å². The lowest BCUT2D eigenvalue weighted by molar-refractivity contribution is -0.170. The second-order valence-electron chi connectivity index (χ2n) is 3.67. The van der Waals surface area contributed by atoms with E-state index in [1.807, 2.05) is 0 Å². The number of cyclic esters (lactones) is 2. The van der Waals surface area contributed by atoms with Crippen LogP contribution in [0.2, 0.25) is 0 Å². The fourth-order valence-corrected chi connectivity index (χ4v) is 1.62. The Bertz CT molecular complexity index is 567. The molecule has 100 valence electrons. The number of hydrogen-bond donors (Lipinski definition) is 0. The van der Waals surface area contributed by atoms with E-state index in [-0.39, 0.29) is 16.2 Å². The number of para-hydroxylation sites is 1. The summed E-state index contributed by atoms with van der Waals surface area (Å²) < 4.78 is 41.7. The zero-order valence-corrected chi connectivity index (χ0v) is 9.23. The Kier molecular flexibility index (Phi) is 3.01. The van der Waals surface area contributed by atoms with E-state index >= 15 is 0 Å². The van der Waals surface area contributed by atoms with E-state index in [2.05, 4.69) is 4.74 Å². The molecule has 5 nitrogen and oxygen atoms in total. The van der Waals surface area contributed by atoms with Gasteiger partial charge in [0.25, 0.3) is 0 Å². The van der Waals surface area contributed by atoms with Crippen LogP contribution in [0.5, 0.6) is 0 Å². The summed E-state index contributed by atoms with van der Waals surface area (Å²) in [5.41, 5.74) is -0.577. The molecule has 0 N–H and O–H groups in total. The molecule has 0 saturated carbocycles. The smallest absolute Gasteiger partial charge is 0.388 e. The number of benzene rings is 1. The van der Waals surface area contributed by atoms with Gasteiger partial charge in [0.15, 0.2) is 0 Å². The topological polar surface area (TPSA) is 63.7 Å². The van der Waals surface area contributed by atoms with E-state index < -0.39 is 30.6 Å². The number of carbonyl (C=O) groups excluding carboxylic acids is 3. The SMILES string of the molecule is O=C1CN(C(=O)C(F)(F)F)c2ccccc2C(=O)O1. The molecule has 1 aromatic carbocycles. The highest BCUT2D eigenvalue weighted by atomic mass is 19.4. The molecule has 0 aromatic heterocycles. The van der Waals surface area contributed by atoms with Crippen molar-refractivity contribution in [3.63, 3.8) is 0 Å². The van der Waals surface area contributed by atoms with E-state index in [0.717, 1.165) is 6.07 Å². The summed E-state index contributed by atoms with van der Waals surface area (Å²) in [7, 11) is 0. The molecule has 0 radical (unpaired) electrons. The van der Waals surface area contributed by atoms with E-state index in [1.165, 1.54) is 18.2 Å². The number of fused-ring (bicyclic) bond motifs is 1. The van der Waals surface area contributed by atoms with E-state index in [1.54, 1.807) is 0 Å². The summed E-state index contributed by atoms with van der Waals surface area (Å²) in [4.78, 5) is 34.1. The largest absolute Gasteiger partial charge is 0.471 e. The summed E-state index contributed by atoms with van der Waals surface area (Å²) in [6, 6.07) is 5.04. The van der Waals surface area contributed by atoms with Crippen molar-refractivity contribution in [2.75, 3.05) is 11.4 Å². The van der Waals surface area contributed by atoms with Gasteiger partial charge in [-0.3, -0.25) is 9.69 Å². The van der Waals surface area contributed by atoms with E-state index in [4.69, 9.17) is 0 Å². The predicted molar refractivity (Wildman–Crippen MR) is 55.3 cm³/mol. The number of hydrogen-bond acceptors (Lipinski definition) is 4. The number of ether oxygens (including phenoxy) is 1. The minimum Gasteiger partial charge on any atom is -0.388 e. The molecule has 0 unspecified atom stereocenters. The van der Waals surface area contributed by atoms with E-state index in [9.17, 15) is 27.6 Å². The van der Waals surface area contributed by atoms with Gasteiger partial charge in [0.2, 0.25) is 0 Å². The molecule has 19 heavy (non-hydrogen) atoms. The molecule has 1 heterocycles. The lowest BCUT2D eigenvalue weighted by Gasteiger charge is -2.21. The second kappa shape index (κ2) is 4.38. The third kappa shape index (κ3) is 2.42. The minimum atomic E-state index is -5.15. The van der Waals surface area contributed by atoms with Crippen LogP contribution in [0.1, 0.15) is 10.4 Å². The second-order valence-corrected chi connectivity index (χ2v) is 3.67. The van der Waals surface area contributed by atoms with Crippen LogP contribution in [0.4, 0.5) is 18.9 Å². The summed E-state index contributed by atoms with van der Waals surface area (Å²) in [5.74, 6) is -4.54. The van der Waals surface area contributed by atoms with E-state index in [0.29, 0.717) is 0 Å². The van der Waals surface area contributed by atoms with Gasteiger partial charge in [0.1, 0.15) is 6.54 Å². The summed E-state index contributed by atoms with van der Waals surface area (Å²) in [6.45, 7) is -0.971. The Morgan fingerprint density at radius 2 is 1.84 bits per heavy atom. The number of anilines is 1. The van der Waals surface area contributed by atoms with Gasteiger partial charge in [-0.05, 0) is 12.1 Å². The van der Waals surface area contributed by atoms with Crippen molar-refractivity contribution in [2.45, 2.75) is 6.18 Å². The Hall–Kier alpha value is -2.38. The third-order valence-electron chi connectivity index (χ3n) is 2.40. The van der Waals surface area contributed by atoms with Gasteiger partial charge in [-0.15, -0.1) is 0 Å². The van der Waals surface area contributed by atoms with Crippen molar-refractivity contribution in [1.82, 2.24) is 0 Å². The quantitative estimate of drug-likeness (QED) is 0.527. The maximum Gasteiger partial charge on any atom is 0.471 e. The van der Waals surface area contributed by atoms with Gasteiger partial charge < -0.3 is 4.74 Å². The molecule has 0 fully saturated rings. The molecule has 1 aromatic rings. The van der Waals surface area contributed by atoms with Gasteiger partial charge in [-0.2, -0.15) is 13.2 Å². The van der Waals surface area contributed by atoms with Crippen LogP contribution in [0.15, 0.2) is 24.3 Å². The van der Waals surface area contributed by atoms with Crippen molar-refractivity contribution in [3.8, 4) is 0 Å². The number of rotatable bonds is 0. The summed E-state index contributed by atoms with van der Waals surface area (Å²) in [6.07, 6.45) is -5.15. The first kappa shape index (κ1) is 13.1. The maximum absolute atomic E-state index is 12.5. The van der Waals surface area contributed by atoms with Crippen LogP contribution < -0.4 is 4.90 Å². The van der Waals surface area contributed by atoms with Crippen LogP contribution in [-0.2, 0) is 14.3 Å². The number of carbonyl (C=O) groups is 3. The first-order valence-electron chi connectivity index (χ1n) is 5.03. The fraction of sp³-hybridized carbons (Fsp3) is 0.182. The van der Waals surface area contributed by atoms with Crippen LogP contribution >= 0.6 is 0 Å². The van der Waals surface area contributed by atoms with Crippen LogP contribution in [0, 0.1) is 0 Å². The molecule has 0 aliphatic carbocycles. The van der Waals surface area contributed by atoms with Crippen molar-refractivity contribution in [1.29, 1.82) is 0 Å². The lowest BCUT2D eigenvalue weighted by Crippen LogP contribution is -2.43. The van der Waals surface area contributed by atoms with Gasteiger partial charge in [-0.1, -0.05) is 12.1 Å². The molecular weight excluding hydrogens is 267 g/mol. The normalized spacial score (nSPS) is 15.6. The molecule has 1 aliphatic rings. The number of alkyl halides is 3. The highest BCUT2D eigenvalue weighted by Crippen LogP contribution is 2.28. The number of halogens is 3. The molecule has 0 atom stereocenters. The standard InChI is InChI=1S/C11H6F3NO4/c12-11(13,14)10(18)15-5-8(16)19-9(17)6-3-1-2-4-7(6)15/h1-4H,5H2. The van der Waals surface area contributed by atoms with Crippen molar-refractivity contribution >= 4 is 23.5 Å². The van der Waals surface area contributed by atoms with Gasteiger partial charge in [0.05, 0.1) is 11.3 Å². The zero-order chi connectivity index (χ0) is 14.2. The summed E-state index contributed by atoms with van der Waals surface area (Å²) in [5, 5.41) is 0. The Morgan fingerprint density at radius 1 is 1.21 bits per heavy atom. The molecule has 8 heteroatoms. The monoisotopic (exact) mass is 273 g/mol. The highest BCUT2D eigenvalue weighted by Gasteiger charge is 2.45. The Labute approximate surface area is 104 Å². The zero-order valence-electron chi connectivity index (χ0n) is 9.23. The molecule has 0 spiro atoms. The number of amides is 1. The van der Waals surface area contributed by atoms with Crippen molar-refractivity contribution in [2.24, 2.45) is 0 Å². The number of nitrogens with zero attached hydrogens (tertiary/aromatic N) is 1. The average molecular weight is 273 g/mol. The molecular formula is C11H6F3NO4. The third-order valence-corrected chi connectivity index (χ3v) is 2.40. The first-order chi connectivity index (χ1) is 8.80. The predicted octanol–water partition coefficient (Wildman–Crippen LogP) is 1.28. The molecule has 1 amide bonds. The molecule has 1 aliphatic heterocycles. The Morgan fingerprint density at radius 3 is 2.47 bits per heavy atom. The first-order valence-corrected chi connectivity index (χ1v) is 5.03. The fourth-order valence-electron chi connectivity index (χ4n) is 1.62. The lowest BCUT2D eigenvalue weighted by atomic mass is 10.1. The van der Waals surface area contributed by atoms with Crippen LogP contribution in [0.25, 0.3) is 0 Å². The van der Waals surface area contributed by atoms with Crippen molar-refractivity contribution in [3.05, 3.63) is 29.8 Å². The molecule has 0 bridgehead atoms. The van der Waals surface area contributed by atoms with Gasteiger partial charge in [0, 0.05) is 0 Å². The number of esters is 2. The van der Waals surface area contributed by atoms with Gasteiger partial charge >= 0.3 is 24.0 Å². The van der Waals surface area contributed by atoms with Crippen LogP contribution in [-0.4, -0.2) is 30.6 Å². The minimum absolute atomic E-state index is 0.183. The molecule has 2 rings (SSSR count). The summed E-state index contributed by atoms with van der Waals surface area (Å²) >= 11 is 0. The van der Waals surface area contributed by atoms with Gasteiger partial charge in [-0.25, -0.2) is 9.59 Å². The molecule has 0 saturated heterocycles. The highest BCUT2D eigenvalue weighted by molar-refractivity contribution is 6.11. The average Bonchev–Trinajstić information content (AvgIpc) is 2.45. The van der Waals surface area contributed by atoms with Crippen molar-refractivity contribution < 1.29 is 32.3 Å².